The summed E-state index contributed by atoms with van der Waals surface area (Å²) in [7, 11) is 0. The number of rotatable bonds is 13. The maximum atomic E-state index is 13.3. The third-order valence-electron chi connectivity index (χ3n) is 13.6. The molecule has 0 saturated carbocycles. The van der Waals surface area contributed by atoms with Crippen molar-refractivity contribution < 1.29 is 28.7 Å². The minimum Gasteiger partial charge on any atom is -0.489 e. The van der Waals surface area contributed by atoms with Crippen LogP contribution in [0.4, 0.5) is 5.69 Å². The van der Waals surface area contributed by atoms with E-state index in [1.807, 2.05) is 24.3 Å². The lowest BCUT2D eigenvalue weighted by Crippen LogP contribution is -2.54. The maximum Gasteiger partial charge on any atom is 0.262 e. The van der Waals surface area contributed by atoms with Gasteiger partial charge >= 0.3 is 0 Å². The number of piperidine rings is 1. The molecule has 322 valence electrons. The molecule has 4 heterocycles. The van der Waals surface area contributed by atoms with Crippen LogP contribution in [-0.2, 0) is 22.6 Å². The van der Waals surface area contributed by atoms with Crippen LogP contribution >= 0.6 is 0 Å². The number of nitrogens with one attached hydrogen (secondary N) is 1. The number of aryl methyl sites for hydroxylation is 1. The van der Waals surface area contributed by atoms with Crippen LogP contribution in [0.2, 0.25) is 0 Å². The van der Waals surface area contributed by atoms with Gasteiger partial charge in [-0.05, 0) is 115 Å². The second-order valence-corrected chi connectivity index (χ2v) is 17.6. The number of carbonyl (C=O) groups is 4. The number of benzene rings is 5. The number of anilines is 1. The van der Waals surface area contributed by atoms with E-state index in [2.05, 4.69) is 105 Å². The van der Waals surface area contributed by atoms with Crippen molar-refractivity contribution in [3.05, 3.63) is 160 Å². The Morgan fingerprint density at radius 3 is 2.11 bits per heavy atom. The summed E-state index contributed by atoms with van der Waals surface area (Å²) in [4.78, 5) is 58.8. The van der Waals surface area contributed by atoms with E-state index in [0.717, 1.165) is 93.7 Å². The van der Waals surface area contributed by atoms with Gasteiger partial charge in [0.25, 0.3) is 11.8 Å². The molecule has 4 amide bonds. The topological polar surface area (TPSA) is 112 Å². The Kier molecular flexibility index (Phi) is 11.5. The van der Waals surface area contributed by atoms with E-state index >= 15 is 0 Å². The van der Waals surface area contributed by atoms with Gasteiger partial charge in [-0.15, -0.1) is 0 Å². The lowest BCUT2D eigenvalue weighted by molar-refractivity contribution is -0.136. The number of carbonyl (C=O) groups excluding carboxylic acids is 4. The van der Waals surface area contributed by atoms with Crippen LogP contribution in [0.1, 0.15) is 86.1 Å². The smallest absolute Gasteiger partial charge is 0.262 e. The summed E-state index contributed by atoms with van der Waals surface area (Å²) in [5, 5.41) is 2.25. The van der Waals surface area contributed by atoms with Gasteiger partial charge in [0.15, 0.2) is 0 Å². The summed E-state index contributed by atoms with van der Waals surface area (Å²) in [5.41, 5.74) is 8.13. The Balaban J connectivity index is 0.687. The van der Waals surface area contributed by atoms with Crippen LogP contribution in [0, 0.1) is 0 Å². The van der Waals surface area contributed by atoms with Crippen molar-refractivity contribution in [2.75, 3.05) is 57.3 Å². The predicted molar refractivity (Wildman–Crippen MR) is 240 cm³/mol. The molecule has 3 saturated heterocycles. The van der Waals surface area contributed by atoms with Crippen LogP contribution in [0.25, 0.3) is 0 Å². The van der Waals surface area contributed by atoms with Crippen molar-refractivity contribution in [2.45, 2.75) is 62.7 Å². The highest BCUT2D eigenvalue weighted by molar-refractivity contribution is 6.23. The average molecular weight is 844 g/mol. The highest BCUT2D eigenvalue weighted by Gasteiger charge is 2.45. The summed E-state index contributed by atoms with van der Waals surface area (Å²) in [6.45, 7) is 7.93. The lowest BCUT2D eigenvalue weighted by atomic mass is 9.69. The molecule has 5 aromatic carbocycles. The Hall–Kier alpha value is -6.30. The minimum absolute atomic E-state index is 0.102. The standard InChI is InChI=1S/C52H53N5O6/c58-48-23-22-47(50(59)53-48)57-51(60)45-20-15-39(31-46(45)52(57)61)56-28-26-54(27-29-56)24-7-25-55-32-42(33-55)63-40-16-12-37(13-17-40)49-43(36-10-5-2-6-11-36)19-14-38-30-41(18-21-44(38)49)62-34-35-8-3-1-4-9-35/h1-6,8-13,15-18,20-21,30-31,42-43,47,49H,7,14,19,22-29,32-34H2,(H,53,58,59)/t43-,47?,49+/m1/s1. The van der Waals surface area contributed by atoms with Gasteiger partial charge in [0.2, 0.25) is 11.8 Å². The fourth-order valence-electron chi connectivity index (χ4n) is 10.2. The maximum absolute atomic E-state index is 13.3. The Labute approximate surface area is 368 Å². The molecule has 1 unspecified atom stereocenters. The highest BCUT2D eigenvalue weighted by Crippen LogP contribution is 2.47. The first-order chi connectivity index (χ1) is 30.8. The number of imide groups is 2. The summed E-state index contributed by atoms with van der Waals surface area (Å²) in [6.07, 6.45) is 3.62. The minimum atomic E-state index is -0.961. The van der Waals surface area contributed by atoms with Gasteiger partial charge in [-0.3, -0.25) is 39.2 Å². The number of fused-ring (bicyclic) bond motifs is 2. The van der Waals surface area contributed by atoms with E-state index in [4.69, 9.17) is 9.47 Å². The molecule has 63 heavy (non-hydrogen) atoms. The summed E-state index contributed by atoms with van der Waals surface area (Å²) >= 11 is 0. The van der Waals surface area contributed by atoms with Crippen LogP contribution in [0.15, 0.2) is 121 Å². The summed E-state index contributed by atoms with van der Waals surface area (Å²) in [6, 6.07) is 41.2. The van der Waals surface area contributed by atoms with E-state index in [1.54, 1.807) is 12.1 Å². The number of piperazine rings is 1. The van der Waals surface area contributed by atoms with Gasteiger partial charge in [0, 0.05) is 57.3 Å². The largest absolute Gasteiger partial charge is 0.489 e. The molecule has 0 spiro atoms. The van der Waals surface area contributed by atoms with Gasteiger partial charge < -0.3 is 14.4 Å². The number of nitrogens with zero attached hydrogens (tertiary/aromatic N) is 4. The number of likely N-dealkylation sites (tertiary alicyclic amines) is 1. The molecular formula is C52H53N5O6. The Morgan fingerprint density at radius 2 is 1.35 bits per heavy atom. The zero-order valence-corrected chi connectivity index (χ0v) is 35.5. The molecule has 11 heteroatoms. The number of hydrogen-bond acceptors (Lipinski definition) is 9. The Morgan fingerprint density at radius 1 is 0.635 bits per heavy atom. The van der Waals surface area contributed by atoms with Crippen molar-refractivity contribution in [2.24, 2.45) is 0 Å². The quantitative estimate of drug-likeness (QED) is 0.128. The van der Waals surface area contributed by atoms with Crippen molar-refractivity contribution in [3.63, 3.8) is 0 Å². The lowest BCUT2D eigenvalue weighted by Gasteiger charge is -2.40. The van der Waals surface area contributed by atoms with E-state index in [0.29, 0.717) is 23.7 Å². The fourth-order valence-corrected chi connectivity index (χ4v) is 10.2. The van der Waals surface area contributed by atoms with E-state index in [-0.39, 0.29) is 30.8 Å². The Bertz CT molecular complexity index is 2480. The van der Waals surface area contributed by atoms with Gasteiger partial charge in [-0.1, -0.05) is 78.9 Å². The van der Waals surface area contributed by atoms with Crippen molar-refractivity contribution in [1.82, 2.24) is 20.0 Å². The van der Waals surface area contributed by atoms with Crippen molar-refractivity contribution in [1.29, 1.82) is 0 Å². The van der Waals surface area contributed by atoms with Crippen LogP contribution in [0.5, 0.6) is 11.5 Å². The molecule has 10 rings (SSSR count). The third kappa shape index (κ3) is 8.60. The van der Waals surface area contributed by atoms with Crippen molar-refractivity contribution in [3.8, 4) is 11.5 Å². The van der Waals surface area contributed by atoms with Gasteiger partial charge in [0.05, 0.1) is 11.1 Å². The number of amides is 4. The fraction of sp³-hybridized carbons (Fsp3) is 0.346. The second-order valence-electron chi connectivity index (χ2n) is 17.6. The molecule has 0 radical (unpaired) electrons. The molecule has 3 atom stereocenters. The molecule has 11 nitrogen and oxygen atoms in total. The monoisotopic (exact) mass is 843 g/mol. The third-order valence-corrected chi connectivity index (χ3v) is 13.6. The number of ether oxygens (including phenoxy) is 2. The van der Waals surface area contributed by atoms with Crippen LogP contribution in [0.3, 0.4) is 0 Å². The molecule has 0 aromatic heterocycles. The van der Waals surface area contributed by atoms with E-state index < -0.39 is 23.8 Å². The zero-order valence-electron chi connectivity index (χ0n) is 35.5. The molecule has 5 aliphatic rings. The molecule has 3 fully saturated rings. The van der Waals surface area contributed by atoms with E-state index in [9.17, 15) is 19.2 Å². The molecular weight excluding hydrogens is 791 g/mol. The van der Waals surface area contributed by atoms with Crippen molar-refractivity contribution >= 4 is 29.3 Å². The summed E-state index contributed by atoms with van der Waals surface area (Å²) < 4.78 is 12.7. The highest BCUT2D eigenvalue weighted by atomic mass is 16.5. The molecule has 1 N–H and O–H groups in total. The molecule has 0 bridgehead atoms. The molecule has 4 aliphatic heterocycles. The zero-order chi connectivity index (χ0) is 42.9. The first-order valence-corrected chi connectivity index (χ1v) is 22.5. The first kappa shape index (κ1) is 40.8. The predicted octanol–water partition coefficient (Wildman–Crippen LogP) is 6.80. The molecule has 5 aromatic rings. The van der Waals surface area contributed by atoms with Crippen LogP contribution in [-0.4, -0.2) is 103 Å². The average Bonchev–Trinajstić information content (AvgIpc) is 3.55. The van der Waals surface area contributed by atoms with Gasteiger partial charge in [-0.2, -0.15) is 0 Å². The number of hydrogen-bond donors (Lipinski definition) is 1. The first-order valence-electron chi connectivity index (χ1n) is 22.5. The molecule has 1 aliphatic carbocycles. The van der Waals surface area contributed by atoms with E-state index in [1.165, 1.54) is 27.8 Å². The second kappa shape index (κ2) is 17.8. The van der Waals surface area contributed by atoms with Crippen LogP contribution < -0.4 is 19.7 Å². The van der Waals surface area contributed by atoms with Gasteiger partial charge in [0.1, 0.15) is 30.3 Å². The normalized spacial score (nSPS) is 21.7. The SMILES string of the molecule is O=C1CCC(N2C(=O)c3ccc(N4CCN(CCCN5CC(Oc6ccc([C@@H]7c8ccc(OCc9ccccc9)cc8CC[C@@H]7c7ccccc7)cc6)C5)CC4)cc3C2=O)C(=O)N1. The summed E-state index contributed by atoms with van der Waals surface area (Å²) in [5.74, 6) is 0.541. The van der Waals surface area contributed by atoms with Gasteiger partial charge in [-0.25, -0.2) is 0 Å².